The molecular weight excluding hydrogens is 175 g/mol. The van der Waals surface area contributed by atoms with Crippen LogP contribution in [0.15, 0.2) is 12.2 Å². The van der Waals surface area contributed by atoms with Gasteiger partial charge in [-0.25, -0.2) is 0 Å². The summed E-state index contributed by atoms with van der Waals surface area (Å²) in [6.45, 7) is 13.6. The highest BCUT2D eigenvalue weighted by atomic mass is 16.7. The topological polar surface area (TPSA) is 18.5 Å². The van der Waals surface area contributed by atoms with Gasteiger partial charge in [-0.3, -0.25) is 0 Å². The van der Waals surface area contributed by atoms with Gasteiger partial charge in [0, 0.05) is 0 Å². The Hall–Kier alpha value is -0.715. The first-order chi connectivity index (χ1) is 6.24. The second-order valence-electron chi connectivity index (χ2n) is 4.64. The van der Waals surface area contributed by atoms with Crippen molar-refractivity contribution in [2.45, 2.75) is 45.8 Å². The average Bonchev–Trinajstić information content (AvgIpc) is 2.17. The molecule has 0 saturated carbocycles. The fourth-order valence-electron chi connectivity index (χ4n) is 1.08. The van der Waals surface area contributed by atoms with Crippen molar-refractivity contribution in [3.63, 3.8) is 0 Å². The van der Waals surface area contributed by atoms with Crippen molar-refractivity contribution in [2.75, 3.05) is 0 Å². The van der Waals surface area contributed by atoms with E-state index in [2.05, 4.69) is 18.3 Å². The Bertz CT molecular complexity index is 291. The highest BCUT2D eigenvalue weighted by Gasteiger charge is 2.50. The van der Waals surface area contributed by atoms with E-state index in [1.54, 1.807) is 0 Å². The van der Waals surface area contributed by atoms with Gasteiger partial charge in [-0.05, 0) is 40.2 Å². The van der Waals surface area contributed by atoms with E-state index in [1.165, 1.54) is 0 Å². The van der Waals surface area contributed by atoms with Crippen LogP contribution >= 0.6 is 0 Å². The molecule has 3 heteroatoms. The van der Waals surface area contributed by atoms with Crippen molar-refractivity contribution in [3.8, 4) is 11.7 Å². The molecule has 1 aliphatic heterocycles. The molecule has 1 rings (SSSR count). The van der Waals surface area contributed by atoms with Gasteiger partial charge in [-0.2, -0.15) is 0 Å². The SMILES string of the molecule is C=C(C)C#CB1OC(C)(C)C(C)(C)O1. The molecule has 0 aliphatic carbocycles. The average molecular weight is 192 g/mol. The fourth-order valence-corrected chi connectivity index (χ4v) is 1.08. The molecule has 0 radical (unpaired) electrons. The molecule has 0 aromatic heterocycles. The molecule has 0 bridgehead atoms. The highest BCUT2D eigenvalue weighted by Crippen LogP contribution is 2.36. The van der Waals surface area contributed by atoms with Crippen LogP contribution in [0.1, 0.15) is 34.6 Å². The van der Waals surface area contributed by atoms with E-state index in [4.69, 9.17) is 9.31 Å². The summed E-state index contributed by atoms with van der Waals surface area (Å²) >= 11 is 0. The summed E-state index contributed by atoms with van der Waals surface area (Å²) in [6.07, 6.45) is 0. The third-order valence-corrected chi connectivity index (χ3v) is 2.66. The summed E-state index contributed by atoms with van der Waals surface area (Å²) in [5.74, 6) is 5.77. The largest absolute Gasteiger partial charge is 0.551 e. The number of rotatable bonds is 0. The van der Waals surface area contributed by atoms with Crippen LogP contribution in [0.5, 0.6) is 0 Å². The van der Waals surface area contributed by atoms with Crippen molar-refractivity contribution >= 4 is 7.12 Å². The van der Waals surface area contributed by atoms with Gasteiger partial charge >= 0.3 is 7.12 Å². The minimum absolute atomic E-state index is 0.304. The van der Waals surface area contributed by atoms with Crippen molar-refractivity contribution in [3.05, 3.63) is 12.2 Å². The molecule has 0 amide bonds. The van der Waals surface area contributed by atoms with E-state index in [0.29, 0.717) is 0 Å². The Morgan fingerprint density at radius 2 is 1.57 bits per heavy atom. The lowest BCUT2D eigenvalue weighted by molar-refractivity contribution is 0.00578. The molecular formula is C11H17BO2. The summed E-state index contributed by atoms with van der Waals surface area (Å²) < 4.78 is 11.4. The molecule has 0 N–H and O–H groups in total. The molecule has 1 aliphatic rings. The van der Waals surface area contributed by atoms with E-state index in [9.17, 15) is 0 Å². The first-order valence-electron chi connectivity index (χ1n) is 4.77. The highest BCUT2D eigenvalue weighted by molar-refractivity contribution is 6.55. The molecule has 14 heavy (non-hydrogen) atoms. The van der Waals surface area contributed by atoms with Crippen LogP contribution < -0.4 is 0 Å². The van der Waals surface area contributed by atoms with Gasteiger partial charge in [-0.1, -0.05) is 18.3 Å². The minimum atomic E-state index is -0.434. The standard InChI is InChI=1S/C11H17BO2/c1-9(2)7-8-12-13-10(3,4)11(5,6)14-12/h1H2,2-6H3. The molecule has 0 unspecified atom stereocenters. The van der Waals surface area contributed by atoms with Gasteiger partial charge in [0.1, 0.15) is 0 Å². The van der Waals surface area contributed by atoms with Gasteiger partial charge in [0.15, 0.2) is 0 Å². The predicted molar refractivity (Wildman–Crippen MR) is 58.7 cm³/mol. The number of hydrogen-bond acceptors (Lipinski definition) is 2. The fraction of sp³-hybridized carbons (Fsp3) is 0.636. The van der Waals surface area contributed by atoms with Crippen LogP contribution in [-0.4, -0.2) is 18.3 Å². The monoisotopic (exact) mass is 192 g/mol. The van der Waals surface area contributed by atoms with E-state index < -0.39 is 7.12 Å². The lowest BCUT2D eigenvalue weighted by Gasteiger charge is -2.32. The first kappa shape index (κ1) is 11.4. The van der Waals surface area contributed by atoms with Gasteiger partial charge < -0.3 is 9.31 Å². The lowest BCUT2D eigenvalue weighted by atomic mass is 9.90. The maximum atomic E-state index is 5.68. The van der Waals surface area contributed by atoms with Gasteiger partial charge in [0.25, 0.3) is 0 Å². The number of hydrogen-bond donors (Lipinski definition) is 0. The molecule has 0 aromatic rings. The van der Waals surface area contributed by atoms with Gasteiger partial charge in [0.2, 0.25) is 0 Å². The zero-order valence-electron chi connectivity index (χ0n) is 9.60. The smallest absolute Gasteiger partial charge is 0.392 e. The van der Waals surface area contributed by atoms with E-state index in [-0.39, 0.29) is 11.2 Å². The maximum absolute atomic E-state index is 5.68. The van der Waals surface area contributed by atoms with Crippen LogP contribution in [0.2, 0.25) is 0 Å². The molecule has 0 aromatic carbocycles. The van der Waals surface area contributed by atoms with Crippen molar-refractivity contribution < 1.29 is 9.31 Å². The van der Waals surface area contributed by atoms with Crippen LogP contribution in [0.4, 0.5) is 0 Å². The second-order valence-corrected chi connectivity index (χ2v) is 4.64. The summed E-state index contributed by atoms with van der Waals surface area (Å²) in [5, 5.41) is 0. The molecule has 1 heterocycles. The Labute approximate surface area is 86.8 Å². The zero-order valence-corrected chi connectivity index (χ0v) is 9.60. The van der Waals surface area contributed by atoms with Crippen LogP contribution in [0.25, 0.3) is 0 Å². The van der Waals surface area contributed by atoms with E-state index >= 15 is 0 Å². The van der Waals surface area contributed by atoms with E-state index in [1.807, 2.05) is 34.6 Å². The predicted octanol–water partition coefficient (Wildman–Crippen LogP) is 2.20. The summed E-state index contributed by atoms with van der Waals surface area (Å²) in [7, 11) is -0.434. The molecule has 2 nitrogen and oxygen atoms in total. The summed E-state index contributed by atoms with van der Waals surface area (Å²) in [5.41, 5.74) is 0.211. The van der Waals surface area contributed by atoms with Crippen molar-refractivity contribution in [2.24, 2.45) is 0 Å². The van der Waals surface area contributed by atoms with E-state index in [0.717, 1.165) is 5.57 Å². The summed E-state index contributed by atoms with van der Waals surface area (Å²) in [6, 6.07) is 0. The Kier molecular flexibility index (Phi) is 2.80. The van der Waals surface area contributed by atoms with Crippen molar-refractivity contribution in [1.29, 1.82) is 0 Å². The van der Waals surface area contributed by atoms with Crippen LogP contribution in [0, 0.1) is 11.7 Å². The third-order valence-electron chi connectivity index (χ3n) is 2.66. The molecule has 0 atom stereocenters. The minimum Gasteiger partial charge on any atom is -0.392 e. The van der Waals surface area contributed by atoms with Crippen LogP contribution in [-0.2, 0) is 9.31 Å². The maximum Gasteiger partial charge on any atom is 0.551 e. The van der Waals surface area contributed by atoms with Crippen molar-refractivity contribution in [1.82, 2.24) is 0 Å². The van der Waals surface area contributed by atoms with Gasteiger partial charge in [0.05, 0.1) is 11.2 Å². The quantitative estimate of drug-likeness (QED) is 0.432. The molecule has 0 spiro atoms. The van der Waals surface area contributed by atoms with Crippen LogP contribution in [0.3, 0.4) is 0 Å². The first-order valence-corrected chi connectivity index (χ1v) is 4.77. The molecule has 1 saturated heterocycles. The normalized spacial score (nSPS) is 22.8. The Morgan fingerprint density at radius 3 is 1.93 bits per heavy atom. The third kappa shape index (κ3) is 2.20. The number of allylic oxidation sites excluding steroid dienone is 1. The summed E-state index contributed by atoms with van der Waals surface area (Å²) in [4.78, 5) is 0. The lowest BCUT2D eigenvalue weighted by Crippen LogP contribution is -2.41. The molecule has 1 fully saturated rings. The Balaban J connectivity index is 2.75. The zero-order chi connectivity index (χ0) is 11.0. The second kappa shape index (κ2) is 3.45. The molecule has 76 valence electrons. The van der Waals surface area contributed by atoms with Gasteiger partial charge in [-0.15, -0.1) is 0 Å². The Morgan fingerprint density at radius 1 is 1.14 bits per heavy atom.